The topological polar surface area (TPSA) is 67.2 Å². The number of rotatable bonds is 4. The monoisotopic (exact) mass is 438 g/mol. The van der Waals surface area contributed by atoms with Crippen LogP contribution in [0.1, 0.15) is 29.0 Å². The third-order valence-corrected chi connectivity index (χ3v) is 6.20. The molecule has 33 heavy (non-hydrogen) atoms. The van der Waals surface area contributed by atoms with E-state index in [-0.39, 0.29) is 17.7 Å². The molecule has 2 amide bonds. The third kappa shape index (κ3) is 4.24. The summed E-state index contributed by atoms with van der Waals surface area (Å²) in [6, 6.07) is 25.2. The largest absolute Gasteiger partial charge is 0.338 e. The first-order valence-corrected chi connectivity index (χ1v) is 11.3. The molecule has 1 aliphatic heterocycles. The highest BCUT2D eigenvalue weighted by atomic mass is 16.2. The van der Waals surface area contributed by atoms with Crippen LogP contribution in [0.15, 0.2) is 78.9 Å². The summed E-state index contributed by atoms with van der Waals surface area (Å²) in [5.74, 6) is 0.565. The SMILES string of the molecule is Cc1nc2cc(C(=O)N3CCC[C@@H](C(=O)Nc4ccccc4)C3)ccc2n1-c1ccccc1. The van der Waals surface area contributed by atoms with Crippen molar-refractivity contribution in [3.63, 3.8) is 0 Å². The maximum absolute atomic E-state index is 13.3. The van der Waals surface area contributed by atoms with Crippen molar-refractivity contribution < 1.29 is 9.59 Å². The fourth-order valence-electron chi connectivity index (χ4n) is 4.56. The lowest BCUT2D eigenvalue weighted by molar-refractivity contribution is -0.121. The van der Waals surface area contributed by atoms with Gasteiger partial charge in [-0.2, -0.15) is 0 Å². The number of fused-ring (bicyclic) bond motifs is 1. The molecule has 1 N–H and O–H groups in total. The molecule has 0 bridgehead atoms. The average Bonchev–Trinajstić information content (AvgIpc) is 3.19. The molecule has 1 fully saturated rings. The van der Waals surface area contributed by atoms with Crippen LogP contribution in [0.2, 0.25) is 0 Å². The van der Waals surface area contributed by atoms with Gasteiger partial charge < -0.3 is 10.2 Å². The number of imidazole rings is 1. The van der Waals surface area contributed by atoms with Gasteiger partial charge >= 0.3 is 0 Å². The van der Waals surface area contributed by atoms with E-state index in [1.807, 2.05) is 85.8 Å². The zero-order valence-electron chi connectivity index (χ0n) is 18.6. The van der Waals surface area contributed by atoms with Crippen molar-refractivity contribution in [2.75, 3.05) is 18.4 Å². The van der Waals surface area contributed by atoms with Crippen molar-refractivity contribution in [1.29, 1.82) is 0 Å². The molecule has 6 heteroatoms. The summed E-state index contributed by atoms with van der Waals surface area (Å²) in [4.78, 5) is 32.5. The predicted octanol–water partition coefficient (Wildman–Crippen LogP) is 4.82. The van der Waals surface area contributed by atoms with E-state index in [0.717, 1.165) is 41.1 Å². The molecule has 3 aromatic carbocycles. The molecule has 1 atom stereocenters. The van der Waals surface area contributed by atoms with E-state index in [2.05, 4.69) is 9.88 Å². The number of nitrogens with one attached hydrogen (secondary N) is 1. The molecule has 1 saturated heterocycles. The maximum Gasteiger partial charge on any atom is 0.253 e. The van der Waals surface area contributed by atoms with Crippen LogP contribution in [0, 0.1) is 12.8 Å². The van der Waals surface area contributed by atoms with Gasteiger partial charge in [-0.05, 0) is 62.2 Å². The van der Waals surface area contributed by atoms with E-state index in [1.165, 1.54) is 0 Å². The number of hydrogen-bond donors (Lipinski definition) is 1. The van der Waals surface area contributed by atoms with Crippen molar-refractivity contribution in [1.82, 2.24) is 14.5 Å². The summed E-state index contributed by atoms with van der Waals surface area (Å²) < 4.78 is 2.09. The van der Waals surface area contributed by atoms with Crippen LogP contribution in [-0.4, -0.2) is 39.4 Å². The Morgan fingerprint density at radius 3 is 2.45 bits per heavy atom. The minimum absolute atomic E-state index is 0.0358. The minimum atomic E-state index is -0.217. The van der Waals surface area contributed by atoms with Gasteiger partial charge in [-0.15, -0.1) is 0 Å². The molecule has 2 heterocycles. The molecular formula is C27H26N4O2. The molecule has 0 spiro atoms. The summed E-state index contributed by atoms with van der Waals surface area (Å²) in [6.45, 7) is 3.05. The van der Waals surface area contributed by atoms with Crippen LogP contribution in [0.3, 0.4) is 0 Å². The van der Waals surface area contributed by atoms with Gasteiger partial charge in [0.15, 0.2) is 0 Å². The highest BCUT2D eigenvalue weighted by Gasteiger charge is 2.29. The molecule has 5 rings (SSSR count). The second kappa shape index (κ2) is 8.90. The summed E-state index contributed by atoms with van der Waals surface area (Å²) in [5.41, 5.74) is 4.18. The number of aryl methyl sites for hydroxylation is 1. The number of nitrogens with zero attached hydrogens (tertiary/aromatic N) is 3. The van der Waals surface area contributed by atoms with Crippen LogP contribution in [-0.2, 0) is 4.79 Å². The van der Waals surface area contributed by atoms with Gasteiger partial charge in [-0.1, -0.05) is 36.4 Å². The quantitative estimate of drug-likeness (QED) is 0.497. The minimum Gasteiger partial charge on any atom is -0.338 e. The summed E-state index contributed by atoms with van der Waals surface area (Å²) >= 11 is 0. The lowest BCUT2D eigenvalue weighted by Crippen LogP contribution is -2.43. The average molecular weight is 439 g/mol. The molecule has 6 nitrogen and oxygen atoms in total. The molecule has 0 radical (unpaired) electrons. The second-order valence-electron chi connectivity index (χ2n) is 8.48. The number of benzene rings is 3. The second-order valence-corrected chi connectivity index (χ2v) is 8.48. The molecular weight excluding hydrogens is 412 g/mol. The van der Waals surface area contributed by atoms with Crippen LogP contribution >= 0.6 is 0 Å². The molecule has 166 valence electrons. The standard InChI is InChI=1S/C27H26N4O2/c1-19-28-24-17-20(14-15-25(24)31(19)23-12-6-3-7-13-23)27(33)30-16-8-9-21(18-30)26(32)29-22-10-4-2-5-11-22/h2-7,10-15,17,21H,8-9,16,18H2,1H3,(H,29,32)/t21-/m1/s1. The zero-order chi connectivity index (χ0) is 22.8. The fourth-order valence-corrected chi connectivity index (χ4v) is 4.56. The number of carbonyl (C=O) groups is 2. The molecule has 0 unspecified atom stereocenters. The first-order chi connectivity index (χ1) is 16.1. The Balaban J connectivity index is 1.34. The molecule has 4 aromatic rings. The number of piperidine rings is 1. The maximum atomic E-state index is 13.3. The number of para-hydroxylation sites is 2. The van der Waals surface area contributed by atoms with Crippen LogP contribution in [0.25, 0.3) is 16.7 Å². The highest BCUT2D eigenvalue weighted by Crippen LogP contribution is 2.25. The third-order valence-electron chi connectivity index (χ3n) is 6.20. The summed E-state index contributed by atoms with van der Waals surface area (Å²) in [7, 11) is 0. The number of amides is 2. The smallest absolute Gasteiger partial charge is 0.253 e. The Morgan fingerprint density at radius 1 is 0.970 bits per heavy atom. The van der Waals surface area contributed by atoms with Gasteiger partial charge in [-0.3, -0.25) is 14.2 Å². The van der Waals surface area contributed by atoms with Crippen LogP contribution in [0.4, 0.5) is 5.69 Å². The van der Waals surface area contributed by atoms with E-state index >= 15 is 0 Å². The van der Waals surface area contributed by atoms with Crippen molar-refractivity contribution in [2.45, 2.75) is 19.8 Å². The van der Waals surface area contributed by atoms with Crippen molar-refractivity contribution in [2.24, 2.45) is 5.92 Å². The van der Waals surface area contributed by atoms with Crippen molar-refractivity contribution >= 4 is 28.5 Å². The number of anilines is 1. The first kappa shape index (κ1) is 20.9. The lowest BCUT2D eigenvalue weighted by atomic mass is 9.96. The van der Waals surface area contributed by atoms with Crippen molar-refractivity contribution in [3.8, 4) is 5.69 Å². The highest BCUT2D eigenvalue weighted by molar-refractivity contribution is 5.98. The number of hydrogen-bond acceptors (Lipinski definition) is 3. The Labute approximate surface area is 192 Å². The van der Waals surface area contributed by atoms with Gasteiger partial charge in [0.2, 0.25) is 5.91 Å². The Bertz CT molecular complexity index is 1300. The Kier molecular flexibility index (Phi) is 5.65. The Hall–Kier alpha value is -3.93. The number of likely N-dealkylation sites (tertiary alicyclic amines) is 1. The van der Waals surface area contributed by atoms with E-state index in [1.54, 1.807) is 4.90 Å². The van der Waals surface area contributed by atoms with E-state index in [4.69, 9.17) is 4.98 Å². The van der Waals surface area contributed by atoms with E-state index < -0.39 is 0 Å². The normalized spacial score (nSPS) is 16.0. The zero-order valence-corrected chi connectivity index (χ0v) is 18.6. The molecule has 0 saturated carbocycles. The lowest BCUT2D eigenvalue weighted by Gasteiger charge is -2.32. The Morgan fingerprint density at radius 2 is 1.70 bits per heavy atom. The summed E-state index contributed by atoms with van der Waals surface area (Å²) in [5, 5.41) is 2.97. The van der Waals surface area contributed by atoms with Gasteiger partial charge in [-0.25, -0.2) is 4.98 Å². The molecule has 1 aliphatic rings. The van der Waals surface area contributed by atoms with Gasteiger partial charge in [0.1, 0.15) is 5.82 Å². The number of carbonyl (C=O) groups excluding carboxylic acids is 2. The first-order valence-electron chi connectivity index (χ1n) is 11.3. The van der Waals surface area contributed by atoms with Gasteiger partial charge in [0.25, 0.3) is 5.91 Å². The molecule has 0 aliphatic carbocycles. The van der Waals surface area contributed by atoms with E-state index in [0.29, 0.717) is 18.7 Å². The van der Waals surface area contributed by atoms with Gasteiger partial charge in [0, 0.05) is 30.0 Å². The van der Waals surface area contributed by atoms with E-state index in [9.17, 15) is 9.59 Å². The predicted molar refractivity (Wildman–Crippen MR) is 130 cm³/mol. The van der Waals surface area contributed by atoms with Gasteiger partial charge in [0.05, 0.1) is 17.0 Å². The summed E-state index contributed by atoms with van der Waals surface area (Å²) in [6.07, 6.45) is 1.59. The molecule has 1 aromatic heterocycles. The fraction of sp³-hybridized carbons (Fsp3) is 0.222. The van der Waals surface area contributed by atoms with Crippen LogP contribution in [0.5, 0.6) is 0 Å². The van der Waals surface area contributed by atoms with Crippen LogP contribution < -0.4 is 5.32 Å². The van der Waals surface area contributed by atoms with Crippen molar-refractivity contribution in [3.05, 3.63) is 90.3 Å². The number of aromatic nitrogens is 2.